The maximum Gasteiger partial charge on any atom is 0.289 e. The minimum Gasteiger partial charge on any atom is -0.286 e. The molecule has 1 aliphatic carbocycles. The number of nitriles is 1. The van der Waals surface area contributed by atoms with Gasteiger partial charge in [-0.3, -0.25) is 5.73 Å². The molecule has 3 nitrogen and oxygen atoms in total. The Bertz CT molecular complexity index is 729. The molecule has 106 valence electrons. The average molecular weight is 282 g/mol. The molecule has 2 aromatic rings. The summed E-state index contributed by atoms with van der Waals surface area (Å²) in [5.74, 6) is 0.681. The van der Waals surface area contributed by atoms with Crippen molar-refractivity contribution in [3.63, 3.8) is 0 Å². The van der Waals surface area contributed by atoms with Gasteiger partial charge in [-0.25, -0.2) is 9.37 Å². The van der Waals surface area contributed by atoms with Gasteiger partial charge in [-0.1, -0.05) is 19.1 Å². The first-order chi connectivity index (χ1) is 10.1. The quantitative estimate of drug-likeness (QED) is 0.874. The topological polar surface area (TPSA) is 63.9 Å². The highest BCUT2D eigenvalue weighted by Gasteiger charge is 2.27. The Morgan fingerprint density at radius 2 is 2.05 bits per heavy atom. The molecule has 1 heterocycles. The molecule has 0 saturated heterocycles. The van der Waals surface area contributed by atoms with Gasteiger partial charge in [-0.2, -0.15) is 5.26 Å². The molecule has 1 aromatic carbocycles. The van der Waals surface area contributed by atoms with Gasteiger partial charge in [0.2, 0.25) is 0 Å². The van der Waals surface area contributed by atoms with Gasteiger partial charge in [-0.15, -0.1) is 0 Å². The molecule has 0 aliphatic heterocycles. The Hall–Kier alpha value is -2.41. The molecular weight excluding hydrogens is 265 g/mol. The summed E-state index contributed by atoms with van der Waals surface area (Å²) in [5.41, 5.74) is 10.4. The Labute approximate surface area is 123 Å². The van der Waals surface area contributed by atoms with Crippen LogP contribution in [0.3, 0.4) is 0 Å². The van der Waals surface area contributed by atoms with Crippen LogP contribution in [0.15, 0.2) is 24.3 Å². The molecule has 1 aliphatic rings. The molecule has 0 fully saturated rings. The number of fused-ring (bicyclic) bond motifs is 1. The highest BCUT2D eigenvalue weighted by molar-refractivity contribution is 5.77. The van der Waals surface area contributed by atoms with Gasteiger partial charge in [0.05, 0.1) is 0 Å². The van der Waals surface area contributed by atoms with Crippen molar-refractivity contribution in [3.8, 4) is 17.2 Å². The number of benzene rings is 1. The van der Waals surface area contributed by atoms with Gasteiger partial charge in [0.25, 0.3) is 5.82 Å². The fourth-order valence-corrected chi connectivity index (χ4v) is 3.07. The van der Waals surface area contributed by atoms with Crippen molar-refractivity contribution in [1.29, 1.82) is 5.26 Å². The van der Waals surface area contributed by atoms with Crippen LogP contribution in [0, 0.1) is 23.1 Å². The smallest absolute Gasteiger partial charge is 0.286 e. The summed E-state index contributed by atoms with van der Waals surface area (Å²) >= 11 is 0. The number of nitrogens with two attached hydrogens (primary N) is 1. The van der Waals surface area contributed by atoms with E-state index in [9.17, 15) is 9.65 Å². The predicted molar refractivity (Wildman–Crippen MR) is 78.7 cm³/mol. The van der Waals surface area contributed by atoms with Crippen LogP contribution in [0.1, 0.15) is 30.2 Å². The Morgan fingerprint density at radius 1 is 1.33 bits per heavy atom. The third-order valence-electron chi connectivity index (χ3n) is 4.16. The van der Waals surface area contributed by atoms with Crippen LogP contribution in [-0.4, -0.2) is 0 Å². The van der Waals surface area contributed by atoms with Gasteiger partial charge >= 0.3 is 0 Å². The predicted octanol–water partition coefficient (Wildman–Crippen LogP) is 2.89. The van der Waals surface area contributed by atoms with Gasteiger partial charge < -0.3 is 0 Å². The number of pyridine rings is 1. The third kappa shape index (κ3) is 2.36. The average Bonchev–Trinajstić information content (AvgIpc) is 2.47. The standard InChI is InChI=1S/C17H16FN3/c1-10-2-7-15-13(8-10)16(14(9-19)17(20)21-15)11-3-5-12(18)6-4-11/h3-6,10H,2,7-8H2,1H3,(H2,20,21)/p+1. The fourth-order valence-electron chi connectivity index (χ4n) is 3.07. The Balaban J connectivity index is 2.28. The number of aryl methyl sites for hydroxylation is 1. The summed E-state index contributed by atoms with van der Waals surface area (Å²) in [4.78, 5) is 3.17. The molecule has 4 heteroatoms. The normalized spacial score (nSPS) is 17.1. The molecule has 1 unspecified atom stereocenters. The van der Waals surface area contributed by atoms with E-state index in [1.54, 1.807) is 12.1 Å². The molecule has 0 spiro atoms. The summed E-state index contributed by atoms with van der Waals surface area (Å²) in [5, 5.41) is 9.46. The van der Waals surface area contributed by atoms with E-state index in [0.29, 0.717) is 17.3 Å². The number of rotatable bonds is 1. The number of H-pyrrole nitrogens is 1. The number of hydrogen-bond acceptors (Lipinski definition) is 2. The number of anilines is 1. The molecule has 0 bridgehead atoms. The summed E-state index contributed by atoms with van der Waals surface area (Å²) in [6.45, 7) is 2.21. The zero-order valence-electron chi connectivity index (χ0n) is 11.9. The molecule has 0 radical (unpaired) electrons. The summed E-state index contributed by atoms with van der Waals surface area (Å²) in [7, 11) is 0. The van der Waals surface area contributed by atoms with Gasteiger partial charge in [-0.05, 0) is 36.5 Å². The molecule has 21 heavy (non-hydrogen) atoms. The van der Waals surface area contributed by atoms with Crippen LogP contribution >= 0.6 is 0 Å². The van der Waals surface area contributed by atoms with Crippen LogP contribution in [-0.2, 0) is 12.8 Å². The molecule has 3 N–H and O–H groups in total. The van der Waals surface area contributed by atoms with E-state index in [1.807, 2.05) is 0 Å². The van der Waals surface area contributed by atoms with Crippen LogP contribution in [0.25, 0.3) is 11.1 Å². The van der Waals surface area contributed by atoms with Crippen molar-refractivity contribution >= 4 is 5.82 Å². The van der Waals surface area contributed by atoms with E-state index in [4.69, 9.17) is 5.73 Å². The lowest BCUT2D eigenvalue weighted by Crippen LogP contribution is -2.26. The van der Waals surface area contributed by atoms with E-state index >= 15 is 0 Å². The van der Waals surface area contributed by atoms with Crippen molar-refractivity contribution in [2.45, 2.75) is 26.2 Å². The van der Waals surface area contributed by atoms with Crippen molar-refractivity contribution < 1.29 is 9.37 Å². The minimum atomic E-state index is -0.282. The lowest BCUT2D eigenvalue weighted by molar-refractivity contribution is -0.375. The van der Waals surface area contributed by atoms with E-state index in [1.165, 1.54) is 12.1 Å². The van der Waals surface area contributed by atoms with Crippen LogP contribution in [0.4, 0.5) is 10.2 Å². The Kier molecular flexibility index (Phi) is 3.34. The van der Waals surface area contributed by atoms with E-state index in [0.717, 1.165) is 41.6 Å². The second kappa shape index (κ2) is 5.17. The second-order valence-electron chi connectivity index (χ2n) is 5.71. The maximum atomic E-state index is 13.2. The van der Waals surface area contributed by atoms with Crippen molar-refractivity contribution in [3.05, 3.63) is 46.9 Å². The van der Waals surface area contributed by atoms with Crippen LogP contribution < -0.4 is 10.7 Å². The number of hydrogen-bond donors (Lipinski definition) is 1. The SMILES string of the molecule is CC1CCc2[nH+]c(N)c(C#N)c(-c3ccc(F)cc3)c2C1. The van der Waals surface area contributed by atoms with E-state index in [-0.39, 0.29) is 5.82 Å². The summed E-state index contributed by atoms with van der Waals surface area (Å²) in [6.07, 6.45) is 2.95. The van der Waals surface area contributed by atoms with Crippen molar-refractivity contribution in [2.75, 3.05) is 5.73 Å². The van der Waals surface area contributed by atoms with Crippen molar-refractivity contribution in [1.82, 2.24) is 0 Å². The number of nitrogen functional groups attached to an aromatic ring is 1. The van der Waals surface area contributed by atoms with E-state index < -0.39 is 0 Å². The van der Waals surface area contributed by atoms with Gasteiger partial charge in [0, 0.05) is 17.5 Å². The zero-order chi connectivity index (χ0) is 15.0. The first-order valence-corrected chi connectivity index (χ1v) is 7.12. The maximum absolute atomic E-state index is 13.2. The van der Waals surface area contributed by atoms with E-state index in [2.05, 4.69) is 18.0 Å². The first-order valence-electron chi connectivity index (χ1n) is 7.12. The third-order valence-corrected chi connectivity index (χ3v) is 4.16. The van der Waals surface area contributed by atoms with Crippen molar-refractivity contribution in [2.24, 2.45) is 5.92 Å². The van der Waals surface area contributed by atoms with Crippen LogP contribution in [0.2, 0.25) is 0 Å². The monoisotopic (exact) mass is 282 g/mol. The number of nitrogens with zero attached hydrogens (tertiary/aromatic N) is 1. The minimum absolute atomic E-state index is 0.282. The lowest BCUT2D eigenvalue weighted by Gasteiger charge is -2.23. The molecular formula is C17H17FN3+. The number of halogens is 1. The van der Waals surface area contributed by atoms with Gasteiger partial charge in [0.1, 0.15) is 23.1 Å². The molecule has 0 amide bonds. The summed E-state index contributed by atoms with van der Waals surface area (Å²) in [6, 6.07) is 8.45. The van der Waals surface area contributed by atoms with Crippen LogP contribution in [0.5, 0.6) is 0 Å². The largest absolute Gasteiger partial charge is 0.289 e. The molecule has 3 rings (SSSR count). The highest BCUT2D eigenvalue weighted by Crippen LogP contribution is 2.35. The van der Waals surface area contributed by atoms with Gasteiger partial charge in [0.15, 0.2) is 0 Å². The first kappa shape index (κ1) is 13.6. The second-order valence-corrected chi connectivity index (χ2v) is 5.71. The highest BCUT2D eigenvalue weighted by atomic mass is 19.1. The lowest BCUT2D eigenvalue weighted by atomic mass is 9.82. The molecule has 0 saturated carbocycles. The number of aromatic nitrogens is 1. The number of nitrogens with one attached hydrogen (secondary N) is 1. The Morgan fingerprint density at radius 3 is 2.71 bits per heavy atom. The summed E-state index contributed by atoms with van der Waals surface area (Å²) < 4.78 is 13.2. The molecule has 1 atom stereocenters. The molecule has 1 aromatic heterocycles. The number of aromatic amines is 1. The fraction of sp³-hybridized carbons (Fsp3) is 0.294. The zero-order valence-corrected chi connectivity index (χ0v) is 11.9.